The van der Waals surface area contributed by atoms with Crippen LogP contribution in [0.1, 0.15) is 11.1 Å². The van der Waals surface area contributed by atoms with E-state index in [-0.39, 0.29) is 0 Å². The molecule has 18 heavy (non-hydrogen) atoms. The Kier molecular flexibility index (Phi) is 4.39. The molecular weight excluding hydrogens is 290 g/mol. The summed E-state index contributed by atoms with van der Waals surface area (Å²) in [6.07, 6.45) is 0. The molecule has 94 valence electrons. The molecule has 0 unspecified atom stereocenters. The van der Waals surface area contributed by atoms with Gasteiger partial charge in [-0.05, 0) is 30.8 Å². The van der Waals surface area contributed by atoms with Crippen LogP contribution in [0, 0.1) is 0 Å². The molecule has 0 atom stereocenters. The predicted octanol–water partition coefficient (Wildman–Crippen LogP) is 3.79. The Morgan fingerprint density at radius 2 is 1.78 bits per heavy atom. The molecule has 0 aromatic heterocycles. The quantitative estimate of drug-likeness (QED) is 0.929. The number of halogens is 1. The standard InChI is InChI=1S/C15H16BrNO/c1-17(10-12-5-3-2-4-6-12)11-13-9-14(16)7-8-15(13)18/h2-9,18H,10-11H2,1H3. The van der Waals surface area contributed by atoms with E-state index in [9.17, 15) is 5.11 Å². The van der Waals surface area contributed by atoms with E-state index in [1.165, 1.54) is 5.56 Å². The zero-order valence-electron chi connectivity index (χ0n) is 10.3. The summed E-state index contributed by atoms with van der Waals surface area (Å²) in [5.74, 6) is 0.345. The van der Waals surface area contributed by atoms with Crippen molar-refractivity contribution < 1.29 is 5.11 Å². The fraction of sp³-hybridized carbons (Fsp3) is 0.200. The molecule has 2 aromatic rings. The molecule has 0 saturated carbocycles. The maximum Gasteiger partial charge on any atom is 0.120 e. The maximum atomic E-state index is 9.80. The fourth-order valence-corrected chi connectivity index (χ4v) is 2.33. The summed E-state index contributed by atoms with van der Waals surface area (Å²) in [4.78, 5) is 2.18. The molecule has 0 saturated heterocycles. The van der Waals surface area contributed by atoms with E-state index >= 15 is 0 Å². The van der Waals surface area contributed by atoms with Gasteiger partial charge >= 0.3 is 0 Å². The summed E-state index contributed by atoms with van der Waals surface area (Å²) in [6, 6.07) is 15.8. The van der Waals surface area contributed by atoms with E-state index in [2.05, 4.69) is 33.0 Å². The van der Waals surface area contributed by atoms with Crippen molar-refractivity contribution in [3.63, 3.8) is 0 Å². The number of hydrogen-bond donors (Lipinski definition) is 1. The van der Waals surface area contributed by atoms with Crippen molar-refractivity contribution in [2.24, 2.45) is 0 Å². The Hall–Kier alpha value is -1.32. The van der Waals surface area contributed by atoms with Crippen LogP contribution in [-0.2, 0) is 13.1 Å². The van der Waals surface area contributed by atoms with Gasteiger partial charge in [-0.2, -0.15) is 0 Å². The number of nitrogens with zero attached hydrogens (tertiary/aromatic N) is 1. The number of rotatable bonds is 4. The van der Waals surface area contributed by atoms with Crippen molar-refractivity contribution in [3.8, 4) is 5.75 Å². The van der Waals surface area contributed by atoms with Crippen molar-refractivity contribution in [3.05, 3.63) is 64.1 Å². The van der Waals surface area contributed by atoms with Crippen LogP contribution in [0.3, 0.4) is 0 Å². The molecule has 0 bridgehead atoms. The van der Waals surface area contributed by atoms with Gasteiger partial charge in [-0.1, -0.05) is 46.3 Å². The minimum Gasteiger partial charge on any atom is -0.508 e. The zero-order valence-corrected chi connectivity index (χ0v) is 11.9. The first-order valence-corrected chi connectivity index (χ1v) is 6.64. The highest BCUT2D eigenvalue weighted by Gasteiger charge is 2.06. The molecule has 0 radical (unpaired) electrons. The summed E-state index contributed by atoms with van der Waals surface area (Å²) >= 11 is 3.42. The summed E-state index contributed by atoms with van der Waals surface area (Å²) in [5, 5.41) is 9.80. The van der Waals surface area contributed by atoms with Crippen LogP contribution >= 0.6 is 15.9 Å². The second-order valence-electron chi connectivity index (χ2n) is 4.43. The lowest BCUT2D eigenvalue weighted by Crippen LogP contribution is -2.17. The first-order valence-electron chi connectivity index (χ1n) is 5.85. The fourth-order valence-electron chi connectivity index (χ4n) is 1.92. The average molecular weight is 306 g/mol. The molecule has 0 aliphatic rings. The van der Waals surface area contributed by atoms with Crippen molar-refractivity contribution in [1.29, 1.82) is 0 Å². The van der Waals surface area contributed by atoms with Crippen molar-refractivity contribution >= 4 is 15.9 Å². The van der Waals surface area contributed by atoms with E-state index in [0.29, 0.717) is 5.75 Å². The lowest BCUT2D eigenvalue weighted by molar-refractivity contribution is 0.312. The Balaban J connectivity index is 2.03. The normalized spacial score (nSPS) is 10.8. The monoisotopic (exact) mass is 305 g/mol. The summed E-state index contributed by atoms with van der Waals surface area (Å²) < 4.78 is 0.989. The van der Waals surface area contributed by atoms with Crippen molar-refractivity contribution in [2.45, 2.75) is 13.1 Å². The van der Waals surface area contributed by atoms with Crippen LogP contribution in [0.25, 0.3) is 0 Å². The van der Waals surface area contributed by atoms with Gasteiger partial charge in [0.25, 0.3) is 0 Å². The van der Waals surface area contributed by atoms with E-state index in [0.717, 1.165) is 23.1 Å². The number of aromatic hydroxyl groups is 1. The third kappa shape index (κ3) is 3.59. The van der Waals surface area contributed by atoms with Crippen LogP contribution in [0.2, 0.25) is 0 Å². The molecule has 3 heteroatoms. The van der Waals surface area contributed by atoms with Crippen LogP contribution in [0.5, 0.6) is 5.75 Å². The predicted molar refractivity (Wildman–Crippen MR) is 77.4 cm³/mol. The smallest absolute Gasteiger partial charge is 0.120 e. The van der Waals surface area contributed by atoms with Crippen LogP contribution < -0.4 is 0 Å². The van der Waals surface area contributed by atoms with Crippen molar-refractivity contribution in [1.82, 2.24) is 4.90 Å². The Morgan fingerprint density at radius 3 is 2.50 bits per heavy atom. The zero-order chi connectivity index (χ0) is 13.0. The van der Waals surface area contributed by atoms with Crippen LogP contribution in [0.15, 0.2) is 53.0 Å². The second kappa shape index (κ2) is 6.03. The topological polar surface area (TPSA) is 23.5 Å². The van der Waals surface area contributed by atoms with Gasteiger partial charge in [-0.25, -0.2) is 0 Å². The van der Waals surface area contributed by atoms with Crippen molar-refractivity contribution in [2.75, 3.05) is 7.05 Å². The molecular formula is C15H16BrNO. The number of hydrogen-bond acceptors (Lipinski definition) is 2. The largest absolute Gasteiger partial charge is 0.508 e. The molecule has 0 heterocycles. The third-order valence-electron chi connectivity index (χ3n) is 2.78. The highest BCUT2D eigenvalue weighted by molar-refractivity contribution is 9.10. The van der Waals surface area contributed by atoms with E-state index in [1.54, 1.807) is 6.07 Å². The molecule has 2 nitrogen and oxygen atoms in total. The Bertz CT molecular complexity index is 513. The molecule has 0 aliphatic heterocycles. The summed E-state index contributed by atoms with van der Waals surface area (Å²) in [5.41, 5.74) is 2.21. The van der Waals surface area contributed by atoms with Gasteiger partial charge in [-0.15, -0.1) is 0 Å². The number of benzene rings is 2. The lowest BCUT2D eigenvalue weighted by atomic mass is 10.1. The Morgan fingerprint density at radius 1 is 1.06 bits per heavy atom. The molecule has 0 fully saturated rings. The molecule has 2 aromatic carbocycles. The molecule has 2 rings (SSSR count). The van der Waals surface area contributed by atoms with Crippen LogP contribution in [0.4, 0.5) is 0 Å². The second-order valence-corrected chi connectivity index (χ2v) is 5.35. The molecule has 0 amide bonds. The average Bonchev–Trinajstić information content (AvgIpc) is 2.35. The molecule has 1 N–H and O–H groups in total. The van der Waals surface area contributed by atoms with E-state index < -0.39 is 0 Å². The number of phenols is 1. The van der Waals surface area contributed by atoms with Gasteiger partial charge in [0.1, 0.15) is 5.75 Å². The third-order valence-corrected chi connectivity index (χ3v) is 3.27. The molecule has 0 aliphatic carbocycles. The summed E-state index contributed by atoms with van der Waals surface area (Å²) in [7, 11) is 2.05. The van der Waals surface area contributed by atoms with Gasteiger partial charge in [0.15, 0.2) is 0 Å². The van der Waals surface area contributed by atoms with Crippen LogP contribution in [-0.4, -0.2) is 17.1 Å². The lowest BCUT2D eigenvalue weighted by Gasteiger charge is -2.17. The van der Waals surface area contributed by atoms with Gasteiger partial charge in [0.05, 0.1) is 0 Å². The minimum atomic E-state index is 0.345. The first-order chi connectivity index (χ1) is 8.65. The summed E-state index contributed by atoms with van der Waals surface area (Å²) in [6.45, 7) is 1.59. The Labute approximate surface area is 116 Å². The van der Waals surface area contributed by atoms with E-state index in [1.807, 2.05) is 37.4 Å². The van der Waals surface area contributed by atoms with Gasteiger partial charge in [0, 0.05) is 23.1 Å². The highest BCUT2D eigenvalue weighted by Crippen LogP contribution is 2.23. The van der Waals surface area contributed by atoms with E-state index in [4.69, 9.17) is 0 Å². The highest BCUT2D eigenvalue weighted by atomic mass is 79.9. The molecule has 0 spiro atoms. The maximum absolute atomic E-state index is 9.80. The minimum absolute atomic E-state index is 0.345. The SMILES string of the molecule is CN(Cc1ccccc1)Cc1cc(Br)ccc1O. The number of phenolic OH excluding ortho intramolecular Hbond substituents is 1. The van der Waals surface area contributed by atoms with Gasteiger partial charge in [-0.3, -0.25) is 4.90 Å². The van der Waals surface area contributed by atoms with Gasteiger partial charge in [0.2, 0.25) is 0 Å². The first kappa shape index (κ1) is 13.1. The van der Waals surface area contributed by atoms with Gasteiger partial charge < -0.3 is 5.11 Å².